The molecule has 5 heteroatoms. The van der Waals surface area contributed by atoms with Crippen molar-refractivity contribution in [2.45, 2.75) is 31.5 Å². The standard InChI is InChI=1S/C22H23N3O2/c26-22(20-12-23-21-8-4-5-9-24(20)21)17-10-18-14-27-15-19(11-17)25(18)13-16-6-2-1-3-7-16/h1-9,12,17-19H,10-11,13-15H2. The molecule has 5 nitrogen and oxygen atoms in total. The first-order valence-electron chi connectivity index (χ1n) is 9.63. The van der Waals surface area contributed by atoms with Crippen molar-refractivity contribution in [1.29, 1.82) is 0 Å². The number of fused-ring (bicyclic) bond motifs is 3. The summed E-state index contributed by atoms with van der Waals surface area (Å²) in [4.78, 5) is 20.2. The molecule has 2 fully saturated rings. The largest absolute Gasteiger partial charge is 0.378 e. The third kappa shape index (κ3) is 3.07. The molecule has 3 aromatic rings. The summed E-state index contributed by atoms with van der Waals surface area (Å²) in [6.45, 7) is 2.34. The second-order valence-corrected chi connectivity index (χ2v) is 7.61. The van der Waals surface area contributed by atoms with Gasteiger partial charge in [-0.05, 0) is 30.5 Å². The van der Waals surface area contributed by atoms with Crippen molar-refractivity contribution in [1.82, 2.24) is 14.3 Å². The number of hydrogen-bond acceptors (Lipinski definition) is 4. The van der Waals surface area contributed by atoms with Crippen molar-refractivity contribution in [3.05, 3.63) is 72.2 Å². The predicted molar refractivity (Wildman–Crippen MR) is 103 cm³/mol. The molecule has 0 aliphatic carbocycles. The van der Waals surface area contributed by atoms with Crippen LogP contribution in [0.3, 0.4) is 0 Å². The number of nitrogens with zero attached hydrogens (tertiary/aromatic N) is 3. The van der Waals surface area contributed by atoms with E-state index in [1.807, 2.05) is 34.9 Å². The number of piperidine rings is 1. The van der Waals surface area contributed by atoms with Crippen molar-refractivity contribution >= 4 is 11.4 Å². The number of morpholine rings is 1. The quantitative estimate of drug-likeness (QED) is 0.670. The van der Waals surface area contributed by atoms with Crippen LogP contribution < -0.4 is 0 Å². The molecule has 0 spiro atoms. The monoisotopic (exact) mass is 361 g/mol. The number of rotatable bonds is 4. The smallest absolute Gasteiger partial charge is 0.184 e. The Morgan fingerprint density at radius 3 is 2.56 bits per heavy atom. The van der Waals surface area contributed by atoms with Crippen LogP contribution in [0.4, 0.5) is 0 Å². The lowest BCUT2D eigenvalue weighted by molar-refractivity contribution is -0.0873. The van der Waals surface area contributed by atoms with Gasteiger partial charge >= 0.3 is 0 Å². The lowest BCUT2D eigenvalue weighted by Gasteiger charge is -2.48. The van der Waals surface area contributed by atoms with E-state index in [0.717, 1.165) is 25.0 Å². The van der Waals surface area contributed by atoms with Gasteiger partial charge < -0.3 is 4.74 Å². The van der Waals surface area contributed by atoms with Crippen LogP contribution in [-0.4, -0.2) is 45.4 Å². The minimum atomic E-state index is 0.0380. The second-order valence-electron chi connectivity index (χ2n) is 7.61. The van der Waals surface area contributed by atoms with Gasteiger partial charge in [0, 0.05) is 30.7 Å². The molecule has 2 aliphatic heterocycles. The van der Waals surface area contributed by atoms with Crippen LogP contribution in [0.25, 0.3) is 5.65 Å². The molecular formula is C22H23N3O2. The number of ether oxygens (including phenoxy) is 1. The number of benzene rings is 1. The summed E-state index contributed by atoms with van der Waals surface area (Å²) in [5, 5.41) is 0. The molecule has 2 unspecified atom stereocenters. The van der Waals surface area contributed by atoms with Crippen LogP contribution in [0.5, 0.6) is 0 Å². The molecule has 0 amide bonds. The van der Waals surface area contributed by atoms with Gasteiger partial charge in [0.25, 0.3) is 0 Å². The third-order valence-electron chi connectivity index (χ3n) is 5.92. The summed E-state index contributed by atoms with van der Waals surface area (Å²) in [5.74, 6) is 0.251. The fourth-order valence-corrected chi connectivity index (χ4v) is 4.58. The first kappa shape index (κ1) is 16.7. The van der Waals surface area contributed by atoms with E-state index < -0.39 is 0 Å². The van der Waals surface area contributed by atoms with Gasteiger partial charge in [-0.1, -0.05) is 36.4 Å². The molecule has 2 aromatic heterocycles. The molecule has 0 saturated carbocycles. The molecule has 0 radical (unpaired) electrons. The maximum absolute atomic E-state index is 13.3. The van der Waals surface area contributed by atoms with E-state index in [1.165, 1.54) is 5.56 Å². The number of Topliss-reactive ketones (excluding diaryl/α,β-unsaturated/α-hetero) is 1. The zero-order chi connectivity index (χ0) is 18.2. The van der Waals surface area contributed by atoms with E-state index in [-0.39, 0.29) is 11.7 Å². The summed E-state index contributed by atoms with van der Waals surface area (Å²) in [5.41, 5.74) is 2.85. The van der Waals surface area contributed by atoms with Crippen molar-refractivity contribution in [2.75, 3.05) is 13.2 Å². The Bertz CT molecular complexity index is 938. The van der Waals surface area contributed by atoms with E-state index in [9.17, 15) is 4.79 Å². The van der Waals surface area contributed by atoms with Crippen LogP contribution in [0.2, 0.25) is 0 Å². The number of imidazole rings is 1. The average molecular weight is 361 g/mol. The molecule has 2 bridgehead atoms. The Morgan fingerprint density at radius 2 is 1.78 bits per heavy atom. The van der Waals surface area contributed by atoms with E-state index in [4.69, 9.17) is 4.74 Å². The summed E-state index contributed by atoms with van der Waals surface area (Å²) in [6, 6.07) is 17.0. The van der Waals surface area contributed by atoms with Gasteiger partial charge in [-0.2, -0.15) is 0 Å². The molecule has 27 heavy (non-hydrogen) atoms. The van der Waals surface area contributed by atoms with E-state index in [0.29, 0.717) is 31.0 Å². The Balaban J connectivity index is 1.37. The van der Waals surface area contributed by atoms with Crippen LogP contribution >= 0.6 is 0 Å². The van der Waals surface area contributed by atoms with Crippen molar-refractivity contribution in [2.24, 2.45) is 5.92 Å². The zero-order valence-electron chi connectivity index (χ0n) is 15.2. The Hall–Kier alpha value is -2.50. The van der Waals surface area contributed by atoms with Crippen LogP contribution in [0, 0.1) is 5.92 Å². The number of carbonyl (C=O) groups excluding carboxylic acids is 1. The van der Waals surface area contributed by atoms with Crippen molar-refractivity contribution < 1.29 is 9.53 Å². The van der Waals surface area contributed by atoms with Gasteiger partial charge in [0.05, 0.1) is 19.4 Å². The van der Waals surface area contributed by atoms with Crippen LogP contribution in [0.15, 0.2) is 60.9 Å². The van der Waals surface area contributed by atoms with Gasteiger partial charge in [0.1, 0.15) is 11.3 Å². The molecule has 4 heterocycles. The molecule has 2 aliphatic rings. The topological polar surface area (TPSA) is 46.8 Å². The summed E-state index contributed by atoms with van der Waals surface area (Å²) >= 11 is 0. The highest BCUT2D eigenvalue weighted by molar-refractivity contribution is 5.97. The van der Waals surface area contributed by atoms with E-state index in [2.05, 4.69) is 34.1 Å². The summed E-state index contributed by atoms with van der Waals surface area (Å²) < 4.78 is 7.73. The number of ketones is 1. The summed E-state index contributed by atoms with van der Waals surface area (Å²) in [6.07, 6.45) is 5.34. The molecule has 2 saturated heterocycles. The van der Waals surface area contributed by atoms with Gasteiger partial charge in [-0.3, -0.25) is 14.1 Å². The normalized spacial score (nSPS) is 25.6. The zero-order valence-corrected chi connectivity index (χ0v) is 15.2. The van der Waals surface area contributed by atoms with Crippen molar-refractivity contribution in [3.63, 3.8) is 0 Å². The fraction of sp³-hybridized carbons (Fsp3) is 0.364. The van der Waals surface area contributed by atoms with Crippen LogP contribution in [0.1, 0.15) is 28.9 Å². The molecule has 1 aromatic carbocycles. The minimum Gasteiger partial charge on any atom is -0.378 e. The second kappa shape index (κ2) is 6.91. The van der Waals surface area contributed by atoms with Gasteiger partial charge in [0.2, 0.25) is 0 Å². The maximum atomic E-state index is 13.3. The molecule has 5 rings (SSSR count). The lowest BCUT2D eigenvalue weighted by Crippen LogP contribution is -2.57. The number of pyridine rings is 1. The number of hydrogen-bond donors (Lipinski definition) is 0. The fourth-order valence-electron chi connectivity index (χ4n) is 4.58. The highest BCUT2D eigenvalue weighted by Crippen LogP contribution is 2.34. The SMILES string of the molecule is O=C(c1cnc2ccccn12)C1CC2COCC(C1)N2Cc1ccccc1. The van der Waals surface area contributed by atoms with E-state index in [1.54, 1.807) is 6.20 Å². The first-order valence-corrected chi connectivity index (χ1v) is 9.63. The maximum Gasteiger partial charge on any atom is 0.184 e. The van der Waals surface area contributed by atoms with Crippen molar-refractivity contribution in [3.8, 4) is 0 Å². The molecular weight excluding hydrogens is 338 g/mol. The third-order valence-corrected chi connectivity index (χ3v) is 5.92. The first-order chi connectivity index (χ1) is 13.3. The number of carbonyl (C=O) groups is 1. The minimum absolute atomic E-state index is 0.0380. The van der Waals surface area contributed by atoms with E-state index >= 15 is 0 Å². The van der Waals surface area contributed by atoms with Gasteiger partial charge in [-0.15, -0.1) is 0 Å². The predicted octanol–water partition coefficient (Wildman–Crippen LogP) is 3.20. The number of aromatic nitrogens is 2. The Morgan fingerprint density at radius 1 is 1.04 bits per heavy atom. The molecule has 138 valence electrons. The highest BCUT2D eigenvalue weighted by atomic mass is 16.5. The van der Waals surface area contributed by atoms with Crippen LogP contribution in [-0.2, 0) is 11.3 Å². The average Bonchev–Trinajstić information content (AvgIpc) is 3.12. The highest BCUT2D eigenvalue weighted by Gasteiger charge is 2.41. The molecule has 2 atom stereocenters. The molecule has 0 N–H and O–H groups in total. The van der Waals surface area contributed by atoms with Gasteiger partial charge in [0.15, 0.2) is 5.78 Å². The lowest BCUT2D eigenvalue weighted by atomic mass is 9.81. The Labute approximate surface area is 158 Å². The van der Waals surface area contributed by atoms with Gasteiger partial charge in [-0.25, -0.2) is 4.98 Å². The Kier molecular flexibility index (Phi) is 4.26. The summed E-state index contributed by atoms with van der Waals surface area (Å²) in [7, 11) is 0.